The Morgan fingerprint density at radius 3 is 2.25 bits per heavy atom. The van der Waals surface area contributed by atoms with Gasteiger partial charge in [-0.25, -0.2) is 9.69 Å². The highest BCUT2D eigenvalue weighted by atomic mass is 16.5. The molecule has 0 N–H and O–H groups in total. The van der Waals surface area contributed by atoms with Crippen LogP contribution in [0.4, 0.5) is 5.69 Å². The van der Waals surface area contributed by atoms with Gasteiger partial charge < -0.3 is 9.47 Å². The lowest BCUT2D eigenvalue weighted by molar-refractivity contribution is -0.128. The lowest BCUT2D eigenvalue weighted by Gasteiger charge is -2.25. The number of imide groups is 1. The zero-order valence-electron chi connectivity index (χ0n) is 13.6. The van der Waals surface area contributed by atoms with Crippen molar-refractivity contribution in [2.24, 2.45) is 11.8 Å². The van der Waals surface area contributed by atoms with Gasteiger partial charge in [0.1, 0.15) is 0 Å². The minimum absolute atomic E-state index is 0.289. The molecule has 6 nitrogen and oxygen atoms in total. The number of ether oxygens (including phenoxy) is 2. The van der Waals surface area contributed by atoms with Gasteiger partial charge in [-0.3, -0.25) is 9.59 Å². The average molecular weight is 327 g/mol. The van der Waals surface area contributed by atoms with Crippen LogP contribution in [0.2, 0.25) is 0 Å². The van der Waals surface area contributed by atoms with Gasteiger partial charge >= 0.3 is 5.97 Å². The Bertz CT molecular complexity index is 779. The van der Waals surface area contributed by atoms with Crippen molar-refractivity contribution in [1.82, 2.24) is 0 Å². The Labute approximate surface area is 139 Å². The minimum atomic E-state index is -0.763. The van der Waals surface area contributed by atoms with Crippen molar-refractivity contribution in [3.05, 3.63) is 42.0 Å². The summed E-state index contributed by atoms with van der Waals surface area (Å²) < 4.78 is 10.7. The predicted molar refractivity (Wildman–Crippen MR) is 84.3 cm³/mol. The second kappa shape index (κ2) is 4.54. The molecule has 4 rings (SSSR count). The summed E-state index contributed by atoms with van der Waals surface area (Å²) in [4.78, 5) is 38.8. The number of nitrogens with zero attached hydrogens (tertiary/aromatic N) is 1. The van der Waals surface area contributed by atoms with Crippen molar-refractivity contribution in [3.8, 4) is 0 Å². The molecule has 124 valence electrons. The van der Waals surface area contributed by atoms with E-state index in [4.69, 9.17) is 9.47 Å². The fourth-order valence-corrected chi connectivity index (χ4v) is 4.18. The number of rotatable bonds is 2. The fraction of sp³-hybridized carbons (Fsp3) is 0.389. The summed E-state index contributed by atoms with van der Waals surface area (Å²) in [5.74, 6) is -2.17. The van der Waals surface area contributed by atoms with Gasteiger partial charge in [0, 0.05) is 0 Å². The highest BCUT2D eigenvalue weighted by Gasteiger charge is 2.70. The maximum Gasteiger partial charge on any atom is 0.337 e. The molecule has 3 aliphatic heterocycles. The van der Waals surface area contributed by atoms with Crippen LogP contribution in [-0.2, 0) is 19.1 Å². The average Bonchev–Trinajstić information content (AvgIpc) is 3.11. The Balaban J connectivity index is 1.76. The lowest BCUT2D eigenvalue weighted by atomic mass is 9.73. The van der Waals surface area contributed by atoms with Gasteiger partial charge in [0.25, 0.3) is 0 Å². The molecule has 0 saturated carbocycles. The van der Waals surface area contributed by atoms with E-state index in [1.165, 1.54) is 18.1 Å². The van der Waals surface area contributed by atoms with E-state index in [-0.39, 0.29) is 11.8 Å². The second-order valence-corrected chi connectivity index (χ2v) is 6.81. The predicted octanol–water partition coefficient (Wildman–Crippen LogP) is 1.70. The van der Waals surface area contributed by atoms with E-state index in [2.05, 4.69) is 0 Å². The van der Waals surface area contributed by atoms with Crippen molar-refractivity contribution in [2.45, 2.75) is 25.0 Å². The highest BCUT2D eigenvalue weighted by Crippen LogP contribution is 2.57. The molecule has 0 aromatic heterocycles. The summed E-state index contributed by atoms with van der Waals surface area (Å²) in [6.45, 7) is 3.66. The van der Waals surface area contributed by atoms with Gasteiger partial charge in [-0.05, 0) is 32.0 Å². The molecule has 0 radical (unpaired) electrons. The molecular weight excluding hydrogens is 310 g/mol. The molecule has 2 fully saturated rings. The van der Waals surface area contributed by atoms with E-state index in [1.807, 2.05) is 26.0 Å². The van der Waals surface area contributed by atoms with Crippen molar-refractivity contribution in [1.29, 1.82) is 0 Å². The van der Waals surface area contributed by atoms with Crippen LogP contribution in [0.3, 0.4) is 0 Å². The molecule has 0 aliphatic carbocycles. The third-order valence-corrected chi connectivity index (χ3v) is 5.25. The smallest absolute Gasteiger partial charge is 0.337 e. The van der Waals surface area contributed by atoms with E-state index in [0.717, 1.165) is 0 Å². The Kier molecular flexibility index (Phi) is 2.85. The van der Waals surface area contributed by atoms with E-state index in [1.54, 1.807) is 18.2 Å². The number of benzene rings is 1. The first-order chi connectivity index (χ1) is 11.3. The Hall–Kier alpha value is -2.47. The van der Waals surface area contributed by atoms with Crippen LogP contribution < -0.4 is 4.90 Å². The van der Waals surface area contributed by atoms with Gasteiger partial charge in [0.15, 0.2) is 0 Å². The zero-order valence-corrected chi connectivity index (χ0v) is 13.6. The van der Waals surface area contributed by atoms with Crippen LogP contribution >= 0.6 is 0 Å². The number of esters is 1. The molecule has 24 heavy (non-hydrogen) atoms. The van der Waals surface area contributed by atoms with E-state index in [9.17, 15) is 14.4 Å². The summed E-state index contributed by atoms with van der Waals surface area (Å²) in [6, 6.07) is 6.36. The SMILES string of the molecule is COC(=O)c1cccc(N2C(=O)[C@H]3[C@H](C2=O)[C@@]2(C)C=C[C@@]3(C)O2)c1. The van der Waals surface area contributed by atoms with Crippen LogP contribution in [0.5, 0.6) is 0 Å². The number of fused-ring (bicyclic) bond motifs is 5. The number of methoxy groups -OCH3 is 1. The molecule has 0 unspecified atom stereocenters. The number of carbonyl (C=O) groups excluding carboxylic acids is 3. The maximum atomic E-state index is 13.0. The standard InChI is InChI=1S/C18H17NO5/c1-17-7-8-18(2,24-17)13-12(17)14(20)19(15(13)21)11-6-4-5-10(9-11)16(22)23-3/h4-9,12-13H,1-3H3/t12-,13-,17-,18-/m1/s1. The Morgan fingerprint density at radius 1 is 1.12 bits per heavy atom. The third-order valence-electron chi connectivity index (χ3n) is 5.25. The molecule has 2 amide bonds. The number of anilines is 1. The number of hydrogen-bond donors (Lipinski definition) is 0. The van der Waals surface area contributed by atoms with Crippen LogP contribution in [0.1, 0.15) is 24.2 Å². The summed E-state index contributed by atoms with van der Waals surface area (Å²) in [6.07, 6.45) is 3.74. The molecule has 2 saturated heterocycles. The summed E-state index contributed by atoms with van der Waals surface area (Å²) >= 11 is 0. The molecule has 6 heteroatoms. The molecule has 3 heterocycles. The lowest BCUT2D eigenvalue weighted by Crippen LogP contribution is -2.39. The van der Waals surface area contributed by atoms with Crippen LogP contribution in [0, 0.1) is 11.8 Å². The first-order valence-corrected chi connectivity index (χ1v) is 7.77. The summed E-state index contributed by atoms with van der Waals surface area (Å²) in [7, 11) is 1.29. The third kappa shape index (κ3) is 1.72. The molecule has 0 spiro atoms. The zero-order chi connectivity index (χ0) is 17.3. The quantitative estimate of drug-likeness (QED) is 0.470. The van der Waals surface area contributed by atoms with Crippen LogP contribution in [-0.4, -0.2) is 36.1 Å². The molecule has 1 aromatic rings. The molecule has 3 aliphatic rings. The van der Waals surface area contributed by atoms with Crippen LogP contribution in [0.25, 0.3) is 0 Å². The van der Waals surface area contributed by atoms with Gasteiger partial charge in [-0.1, -0.05) is 18.2 Å². The van der Waals surface area contributed by atoms with E-state index < -0.39 is 29.0 Å². The molecule has 2 bridgehead atoms. The Morgan fingerprint density at radius 2 is 1.71 bits per heavy atom. The topological polar surface area (TPSA) is 72.9 Å². The van der Waals surface area contributed by atoms with Crippen molar-refractivity contribution in [2.75, 3.05) is 12.0 Å². The number of carbonyl (C=O) groups is 3. The monoisotopic (exact) mass is 327 g/mol. The molecule has 4 atom stereocenters. The van der Waals surface area contributed by atoms with Crippen LogP contribution in [0.15, 0.2) is 36.4 Å². The van der Waals surface area contributed by atoms with Gasteiger partial charge in [-0.15, -0.1) is 0 Å². The highest BCUT2D eigenvalue weighted by molar-refractivity contribution is 6.23. The second-order valence-electron chi connectivity index (χ2n) is 6.81. The van der Waals surface area contributed by atoms with Gasteiger partial charge in [-0.2, -0.15) is 0 Å². The first-order valence-electron chi connectivity index (χ1n) is 7.77. The van der Waals surface area contributed by atoms with Gasteiger partial charge in [0.05, 0.1) is 41.4 Å². The first kappa shape index (κ1) is 15.1. The van der Waals surface area contributed by atoms with Gasteiger partial charge in [0.2, 0.25) is 11.8 Å². The largest absolute Gasteiger partial charge is 0.465 e. The van der Waals surface area contributed by atoms with E-state index >= 15 is 0 Å². The normalized spacial score (nSPS) is 36.4. The van der Waals surface area contributed by atoms with E-state index in [0.29, 0.717) is 11.3 Å². The summed E-state index contributed by atoms with van der Waals surface area (Å²) in [5, 5.41) is 0. The minimum Gasteiger partial charge on any atom is -0.465 e. The fourth-order valence-electron chi connectivity index (χ4n) is 4.18. The summed E-state index contributed by atoms with van der Waals surface area (Å²) in [5.41, 5.74) is -0.849. The molecule has 1 aromatic carbocycles. The molecular formula is C18H17NO5. The number of amides is 2. The maximum absolute atomic E-state index is 13.0. The number of hydrogen-bond acceptors (Lipinski definition) is 5. The van der Waals surface area contributed by atoms with Crippen molar-refractivity contribution >= 4 is 23.5 Å². The van der Waals surface area contributed by atoms with Crippen molar-refractivity contribution < 1.29 is 23.9 Å². The van der Waals surface area contributed by atoms with Crippen molar-refractivity contribution in [3.63, 3.8) is 0 Å².